The molecule has 6 atom stereocenters. The predicted molar refractivity (Wildman–Crippen MR) is 147 cm³/mol. The van der Waals surface area contributed by atoms with Crippen molar-refractivity contribution in [1.82, 2.24) is 4.90 Å². The molecule has 6 rings (SSSR count). The Labute approximate surface area is 240 Å². The van der Waals surface area contributed by atoms with Gasteiger partial charge in [0.1, 0.15) is 5.75 Å². The molecule has 4 amide bonds. The largest absolute Gasteiger partial charge is 0.508 e. The smallest absolute Gasteiger partial charge is 0.253 e. The van der Waals surface area contributed by atoms with Gasteiger partial charge >= 0.3 is 0 Å². The summed E-state index contributed by atoms with van der Waals surface area (Å²) in [7, 11) is 1.32. The second-order valence-electron chi connectivity index (χ2n) is 10.7. The number of hydrogen-bond acceptors (Lipinski definition) is 5. The van der Waals surface area contributed by atoms with Gasteiger partial charge in [0, 0.05) is 23.6 Å². The van der Waals surface area contributed by atoms with Crippen LogP contribution >= 0.6 is 34.8 Å². The summed E-state index contributed by atoms with van der Waals surface area (Å²) in [5.74, 6) is -5.43. The summed E-state index contributed by atoms with van der Waals surface area (Å²) in [5.41, 5.74) is 2.39. The van der Waals surface area contributed by atoms with E-state index in [1.54, 1.807) is 12.1 Å². The molecule has 0 radical (unpaired) electrons. The monoisotopic (exact) mass is 586 g/mol. The molecule has 2 aromatic carbocycles. The average molecular weight is 588 g/mol. The number of phenols is 1. The van der Waals surface area contributed by atoms with Crippen molar-refractivity contribution in [2.75, 3.05) is 11.9 Å². The van der Waals surface area contributed by atoms with Crippen LogP contribution in [0.1, 0.15) is 36.8 Å². The molecule has 0 aromatic heterocycles. The molecule has 0 unspecified atom stereocenters. The molecule has 10 heteroatoms. The Morgan fingerprint density at radius 1 is 0.974 bits per heavy atom. The molecule has 4 aliphatic rings. The van der Waals surface area contributed by atoms with E-state index in [1.807, 2.05) is 25.1 Å². The Morgan fingerprint density at radius 3 is 2.33 bits per heavy atom. The molecule has 202 valence electrons. The van der Waals surface area contributed by atoms with Gasteiger partial charge in [-0.25, -0.2) is 0 Å². The van der Waals surface area contributed by atoms with E-state index in [0.29, 0.717) is 16.3 Å². The van der Waals surface area contributed by atoms with Crippen molar-refractivity contribution in [2.45, 2.75) is 41.9 Å². The van der Waals surface area contributed by atoms with Gasteiger partial charge in [0.25, 0.3) is 11.8 Å². The number of halogens is 3. The first kappa shape index (κ1) is 26.4. The zero-order valence-electron chi connectivity index (χ0n) is 21.2. The van der Waals surface area contributed by atoms with E-state index in [1.165, 1.54) is 30.1 Å². The van der Waals surface area contributed by atoms with Gasteiger partial charge in [-0.15, -0.1) is 23.2 Å². The van der Waals surface area contributed by atoms with Crippen molar-refractivity contribution in [3.8, 4) is 5.75 Å². The van der Waals surface area contributed by atoms with Gasteiger partial charge in [-0.05, 0) is 61.1 Å². The quantitative estimate of drug-likeness (QED) is 0.316. The van der Waals surface area contributed by atoms with Crippen LogP contribution in [0.4, 0.5) is 5.69 Å². The number of imide groups is 2. The number of fused-ring (bicyclic) bond motifs is 4. The summed E-state index contributed by atoms with van der Waals surface area (Å²) in [6, 6.07) is 11.7. The fraction of sp³-hybridized carbons (Fsp3) is 0.379. The number of carbonyl (C=O) groups excluding carboxylic acids is 4. The van der Waals surface area contributed by atoms with Gasteiger partial charge < -0.3 is 5.11 Å². The number of aromatic hydroxyl groups is 1. The number of benzene rings is 2. The molecular formula is C29H25Cl3N2O5. The number of alkyl halides is 2. The normalized spacial score (nSPS) is 33.7. The third-order valence-electron chi connectivity index (χ3n) is 8.92. The number of rotatable bonds is 3. The number of aryl methyl sites for hydroxylation is 1. The fourth-order valence-electron chi connectivity index (χ4n) is 6.98. The lowest BCUT2D eigenvalue weighted by molar-refractivity contribution is -0.138. The third kappa shape index (κ3) is 3.36. The van der Waals surface area contributed by atoms with E-state index in [2.05, 4.69) is 0 Å². The van der Waals surface area contributed by atoms with Crippen molar-refractivity contribution in [3.63, 3.8) is 0 Å². The lowest BCUT2D eigenvalue weighted by Crippen LogP contribution is -2.60. The van der Waals surface area contributed by atoms with E-state index in [9.17, 15) is 24.3 Å². The molecule has 1 saturated carbocycles. The molecule has 3 fully saturated rings. The van der Waals surface area contributed by atoms with Crippen molar-refractivity contribution < 1.29 is 24.3 Å². The lowest BCUT2D eigenvalue weighted by Gasteiger charge is -2.50. The van der Waals surface area contributed by atoms with Crippen molar-refractivity contribution >= 4 is 64.1 Å². The Kier molecular flexibility index (Phi) is 5.96. The highest BCUT2D eigenvalue weighted by Crippen LogP contribution is 2.66. The summed E-state index contributed by atoms with van der Waals surface area (Å²) in [5, 5.41) is 11.2. The van der Waals surface area contributed by atoms with Gasteiger partial charge in [-0.3, -0.25) is 29.0 Å². The van der Waals surface area contributed by atoms with E-state index < -0.39 is 45.2 Å². The van der Waals surface area contributed by atoms with Crippen molar-refractivity contribution in [2.24, 2.45) is 17.8 Å². The first-order chi connectivity index (χ1) is 18.5. The minimum Gasteiger partial charge on any atom is -0.508 e. The number of carbonyl (C=O) groups is 4. The van der Waals surface area contributed by atoms with Crippen LogP contribution in [0, 0.1) is 17.8 Å². The number of anilines is 1. The van der Waals surface area contributed by atoms with Crippen LogP contribution in [-0.4, -0.2) is 50.4 Å². The molecule has 2 saturated heterocycles. The molecule has 39 heavy (non-hydrogen) atoms. The maximum atomic E-state index is 14.0. The minimum absolute atomic E-state index is 0.112. The Bertz CT molecular complexity index is 1490. The molecule has 2 aliphatic carbocycles. The number of likely N-dealkylation sites (tertiary alicyclic amines) is 1. The number of nitrogens with zero attached hydrogens (tertiary/aromatic N) is 2. The van der Waals surface area contributed by atoms with E-state index in [4.69, 9.17) is 34.8 Å². The second-order valence-corrected chi connectivity index (χ2v) is 12.4. The molecule has 2 heterocycles. The van der Waals surface area contributed by atoms with Crippen LogP contribution in [-0.2, 0) is 25.6 Å². The molecule has 7 nitrogen and oxygen atoms in total. The Balaban J connectivity index is 1.51. The van der Waals surface area contributed by atoms with Gasteiger partial charge in [0.05, 0.1) is 17.5 Å². The Hall–Kier alpha value is -2.87. The molecule has 1 N–H and O–H groups in total. The zero-order chi connectivity index (χ0) is 28.0. The summed E-state index contributed by atoms with van der Waals surface area (Å²) in [4.78, 5) is 52.9. The fourth-order valence-corrected chi connectivity index (χ4v) is 8.17. The van der Waals surface area contributed by atoms with Gasteiger partial charge in [-0.1, -0.05) is 42.3 Å². The maximum absolute atomic E-state index is 14.0. The van der Waals surface area contributed by atoms with E-state index in [0.717, 1.165) is 16.9 Å². The van der Waals surface area contributed by atoms with Gasteiger partial charge in [-0.2, -0.15) is 0 Å². The third-order valence-corrected chi connectivity index (χ3v) is 10.6. The van der Waals surface area contributed by atoms with Gasteiger partial charge in [0.2, 0.25) is 11.8 Å². The maximum Gasteiger partial charge on any atom is 0.253 e. The van der Waals surface area contributed by atoms with Crippen molar-refractivity contribution in [1.29, 1.82) is 0 Å². The topological polar surface area (TPSA) is 95.0 Å². The zero-order valence-corrected chi connectivity index (χ0v) is 23.4. The summed E-state index contributed by atoms with van der Waals surface area (Å²) < 4.78 is 0. The first-order valence-corrected chi connectivity index (χ1v) is 13.9. The predicted octanol–water partition coefficient (Wildman–Crippen LogP) is 4.80. The standard InChI is InChI=1S/C29H25Cl3N2O5/c1-3-14-4-7-16(8-5-14)34-24(36)18-10-9-17-20(22(18)25(34)37)13-28(31)26(38)33(2)27(39)29(28,32)23(17)19-12-15(30)6-11-21(19)35/h4-9,11-12,18,20,22-23,35H,3,10,13H2,1-2H3/t18-,20+,22-,23+,28+,29-/m0/s1. The average Bonchev–Trinajstić information content (AvgIpc) is 3.25. The number of amides is 4. The van der Waals surface area contributed by atoms with Crippen LogP contribution in [0.25, 0.3) is 0 Å². The summed E-state index contributed by atoms with van der Waals surface area (Å²) in [6.45, 7) is 2.02. The van der Waals surface area contributed by atoms with Crippen LogP contribution < -0.4 is 4.90 Å². The highest BCUT2D eigenvalue weighted by atomic mass is 35.5. The minimum atomic E-state index is -1.97. The summed E-state index contributed by atoms with van der Waals surface area (Å²) >= 11 is 20.5. The number of hydrogen-bond donors (Lipinski definition) is 1. The molecule has 0 spiro atoms. The van der Waals surface area contributed by atoms with Crippen LogP contribution in [0.3, 0.4) is 0 Å². The molecule has 2 aromatic rings. The highest BCUT2D eigenvalue weighted by molar-refractivity contribution is 6.53. The Morgan fingerprint density at radius 2 is 1.67 bits per heavy atom. The molecular weight excluding hydrogens is 563 g/mol. The molecule has 0 bridgehead atoms. The van der Waals surface area contributed by atoms with E-state index in [-0.39, 0.29) is 36.0 Å². The van der Waals surface area contributed by atoms with Crippen LogP contribution in [0.5, 0.6) is 5.75 Å². The SMILES string of the molecule is CCc1ccc(N2C(=O)[C@H]3[C@H](CC=C4[C@H]3C[C@@]3(Cl)C(=O)N(C)C(=O)[C@@]3(Cl)[C@H]4c3cc(Cl)ccc3O)C2=O)cc1. The van der Waals surface area contributed by atoms with Crippen LogP contribution in [0.15, 0.2) is 54.1 Å². The number of phenolic OH excluding ortho intramolecular Hbond substituents is 1. The first-order valence-electron chi connectivity index (χ1n) is 12.8. The van der Waals surface area contributed by atoms with Crippen LogP contribution in [0.2, 0.25) is 5.02 Å². The van der Waals surface area contributed by atoms with Gasteiger partial charge in [0.15, 0.2) is 9.75 Å². The second kappa shape index (κ2) is 8.82. The van der Waals surface area contributed by atoms with E-state index >= 15 is 0 Å². The highest BCUT2D eigenvalue weighted by Gasteiger charge is 2.76. The number of allylic oxidation sites excluding steroid dienone is 2. The summed E-state index contributed by atoms with van der Waals surface area (Å²) in [6.07, 6.45) is 2.77. The molecule has 2 aliphatic heterocycles. The van der Waals surface area contributed by atoms with Crippen molar-refractivity contribution in [3.05, 3.63) is 70.3 Å². The lowest BCUT2D eigenvalue weighted by atomic mass is 9.56.